The summed E-state index contributed by atoms with van der Waals surface area (Å²) in [5, 5.41) is 12.6. The highest BCUT2D eigenvalue weighted by Gasteiger charge is 2.28. The lowest BCUT2D eigenvalue weighted by Crippen LogP contribution is -2.52. The molecule has 0 aromatic carbocycles. The second-order valence-corrected chi connectivity index (χ2v) is 5.77. The Labute approximate surface area is 103 Å². The summed E-state index contributed by atoms with van der Waals surface area (Å²) in [5.41, 5.74) is 0. The van der Waals surface area contributed by atoms with E-state index in [1.165, 1.54) is 32.1 Å². The van der Waals surface area contributed by atoms with Gasteiger partial charge in [-0.2, -0.15) is 0 Å². The molecular formula is C13H24N2O2. The van der Waals surface area contributed by atoms with Gasteiger partial charge in [-0.25, -0.2) is 0 Å². The number of piperidine rings is 1. The zero-order chi connectivity index (χ0) is 12.3. The van der Waals surface area contributed by atoms with Gasteiger partial charge in [0.2, 0.25) is 0 Å². The largest absolute Gasteiger partial charge is 0.480 e. The van der Waals surface area contributed by atoms with E-state index in [4.69, 9.17) is 5.11 Å². The van der Waals surface area contributed by atoms with Crippen molar-refractivity contribution in [2.75, 3.05) is 19.6 Å². The molecule has 2 unspecified atom stereocenters. The zero-order valence-corrected chi connectivity index (χ0v) is 10.7. The number of carboxylic acid groups (broad SMARTS) is 1. The Morgan fingerprint density at radius 2 is 2.00 bits per heavy atom. The third-order valence-corrected chi connectivity index (χ3v) is 3.92. The van der Waals surface area contributed by atoms with Crippen molar-refractivity contribution in [3.05, 3.63) is 0 Å². The van der Waals surface area contributed by atoms with E-state index in [0.29, 0.717) is 18.0 Å². The first kappa shape index (κ1) is 12.8. The van der Waals surface area contributed by atoms with Crippen molar-refractivity contribution in [3.8, 4) is 0 Å². The van der Waals surface area contributed by atoms with Crippen molar-refractivity contribution in [2.45, 2.75) is 51.1 Å². The van der Waals surface area contributed by atoms with Gasteiger partial charge in [-0.3, -0.25) is 9.69 Å². The smallest absolute Gasteiger partial charge is 0.317 e. The van der Waals surface area contributed by atoms with Crippen LogP contribution >= 0.6 is 0 Å². The Hall–Kier alpha value is -0.610. The summed E-state index contributed by atoms with van der Waals surface area (Å²) in [6.07, 6.45) is 6.47. The van der Waals surface area contributed by atoms with Gasteiger partial charge in [0.05, 0.1) is 6.54 Å². The summed E-state index contributed by atoms with van der Waals surface area (Å²) in [6, 6.07) is 1.16. The molecule has 4 heteroatoms. The fraction of sp³-hybridized carbons (Fsp3) is 0.923. The molecule has 2 N–H and O–H groups in total. The minimum Gasteiger partial charge on any atom is -0.480 e. The fourth-order valence-corrected chi connectivity index (χ4v) is 3.33. The highest BCUT2D eigenvalue weighted by molar-refractivity contribution is 5.69. The second kappa shape index (κ2) is 5.83. The van der Waals surface area contributed by atoms with E-state index >= 15 is 0 Å². The van der Waals surface area contributed by atoms with Gasteiger partial charge in [0.25, 0.3) is 0 Å². The predicted octanol–water partition coefficient (Wildman–Crippen LogP) is 1.31. The van der Waals surface area contributed by atoms with E-state index in [0.717, 1.165) is 13.1 Å². The van der Waals surface area contributed by atoms with Crippen LogP contribution in [-0.4, -0.2) is 47.7 Å². The third-order valence-electron chi connectivity index (χ3n) is 3.92. The summed E-state index contributed by atoms with van der Waals surface area (Å²) in [5.74, 6) is -0.110. The maximum atomic E-state index is 10.8. The van der Waals surface area contributed by atoms with Gasteiger partial charge in [-0.05, 0) is 25.2 Å². The number of carbonyl (C=O) groups is 1. The van der Waals surface area contributed by atoms with Gasteiger partial charge in [0, 0.05) is 25.2 Å². The summed E-state index contributed by atoms with van der Waals surface area (Å²) < 4.78 is 0. The van der Waals surface area contributed by atoms with Crippen LogP contribution in [0.15, 0.2) is 0 Å². The van der Waals surface area contributed by atoms with Crippen molar-refractivity contribution in [3.63, 3.8) is 0 Å². The van der Waals surface area contributed by atoms with Crippen LogP contribution in [0.25, 0.3) is 0 Å². The summed E-state index contributed by atoms with van der Waals surface area (Å²) in [7, 11) is 0. The molecule has 98 valence electrons. The average Bonchev–Trinajstić information content (AvgIpc) is 2.67. The summed E-state index contributed by atoms with van der Waals surface area (Å²) >= 11 is 0. The molecule has 2 fully saturated rings. The van der Waals surface area contributed by atoms with E-state index in [2.05, 4.69) is 17.1 Å². The Kier molecular flexibility index (Phi) is 4.40. The van der Waals surface area contributed by atoms with Crippen LogP contribution in [0, 0.1) is 5.92 Å². The monoisotopic (exact) mass is 240 g/mol. The number of carboxylic acids is 1. The van der Waals surface area contributed by atoms with Gasteiger partial charge in [-0.15, -0.1) is 0 Å². The molecule has 0 aromatic heterocycles. The van der Waals surface area contributed by atoms with E-state index in [1.807, 2.05) is 0 Å². The minimum absolute atomic E-state index is 0.188. The van der Waals surface area contributed by atoms with Gasteiger partial charge in [0.1, 0.15) is 0 Å². The maximum Gasteiger partial charge on any atom is 0.317 e. The van der Waals surface area contributed by atoms with Gasteiger partial charge in [0.15, 0.2) is 0 Å². The van der Waals surface area contributed by atoms with Crippen molar-refractivity contribution in [1.29, 1.82) is 0 Å². The predicted molar refractivity (Wildman–Crippen MR) is 67.0 cm³/mol. The van der Waals surface area contributed by atoms with E-state index in [-0.39, 0.29) is 6.54 Å². The molecule has 0 aromatic rings. The molecule has 1 aliphatic carbocycles. The molecule has 1 aliphatic heterocycles. The maximum absolute atomic E-state index is 10.8. The first-order valence-corrected chi connectivity index (χ1v) is 6.83. The molecule has 1 saturated heterocycles. The van der Waals surface area contributed by atoms with Gasteiger partial charge >= 0.3 is 5.97 Å². The lowest BCUT2D eigenvalue weighted by atomic mass is 9.95. The number of hydrogen-bond donors (Lipinski definition) is 2. The van der Waals surface area contributed by atoms with Crippen LogP contribution in [0.4, 0.5) is 0 Å². The molecule has 0 radical (unpaired) electrons. The summed E-state index contributed by atoms with van der Waals surface area (Å²) in [4.78, 5) is 12.8. The molecule has 2 rings (SSSR count). The van der Waals surface area contributed by atoms with Gasteiger partial charge < -0.3 is 10.4 Å². The van der Waals surface area contributed by atoms with Crippen LogP contribution in [0.1, 0.15) is 39.0 Å². The molecule has 2 aliphatic rings. The lowest BCUT2D eigenvalue weighted by Gasteiger charge is -2.37. The van der Waals surface area contributed by atoms with Crippen molar-refractivity contribution in [2.24, 2.45) is 5.92 Å². The molecular weight excluding hydrogens is 216 g/mol. The molecule has 0 amide bonds. The average molecular weight is 240 g/mol. The van der Waals surface area contributed by atoms with E-state index in [1.54, 1.807) is 0 Å². The highest BCUT2D eigenvalue weighted by atomic mass is 16.4. The van der Waals surface area contributed by atoms with E-state index in [9.17, 15) is 4.79 Å². The molecule has 1 saturated carbocycles. The number of nitrogens with zero attached hydrogens (tertiary/aromatic N) is 1. The molecule has 17 heavy (non-hydrogen) atoms. The van der Waals surface area contributed by atoms with Crippen LogP contribution in [0.3, 0.4) is 0 Å². The van der Waals surface area contributed by atoms with Crippen molar-refractivity contribution >= 4 is 5.97 Å². The van der Waals surface area contributed by atoms with Crippen molar-refractivity contribution in [1.82, 2.24) is 10.2 Å². The second-order valence-electron chi connectivity index (χ2n) is 5.77. The number of nitrogens with one attached hydrogen (secondary N) is 1. The molecule has 2 atom stereocenters. The Morgan fingerprint density at radius 3 is 2.65 bits per heavy atom. The van der Waals surface area contributed by atoms with Crippen molar-refractivity contribution < 1.29 is 9.90 Å². The molecule has 0 spiro atoms. The number of likely N-dealkylation sites (tertiary alicyclic amines) is 1. The third kappa shape index (κ3) is 3.96. The molecule has 0 bridgehead atoms. The molecule has 4 nitrogen and oxygen atoms in total. The SMILES string of the molecule is CC1CC(NC2CCCC2)CN(CC(=O)O)C1. The Balaban J connectivity index is 1.82. The quantitative estimate of drug-likeness (QED) is 0.778. The van der Waals surface area contributed by atoms with Crippen LogP contribution in [0.5, 0.6) is 0 Å². The topological polar surface area (TPSA) is 52.6 Å². The Bertz CT molecular complexity index is 264. The van der Waals surface area contributed by atoms with Crippen LogP contribution in [-0.2, 0) is 4.79 Å². The standard InChI is InChI=1S/C13H24N2O2/c1-10-6-12(14-11-4-2-3-5-11)8-15(7-10)9-13(16)17/h10-12,14H,2-9H2,1H3,(H,16,17). The molecule has 1 heterocycles. The van der Waals surface area contributed by atoms with Crippen LogP contribution < -0.4 is 5.32 Å². The first-order chi connectivity index (χ1) is 8.13. The van der Waals surface area contributed by atoms with E-state index < -0.39 is 5.97 Å². The Morgan fingerprint density at radius 1 is 1.29 bits per heavy atom. The number of rotatable bonds is 4. The fourth-order valence-electron chi connectivity index (χ4n) is 3.33. The van der Waals surface area contributed by atoms with Gasteiger partial charge in [-0.1, -0.05) is 19.8 Å². The first-order valence-electron chi connectivity index (χ1n) is 6.83. The van der Waals surface area contributed by atoms with Crippen LogP contribution in [0.2, 0.25) is 0 Å². The highest BCUT2D eigenvalue weighted by Crippen LogP contribution is 2.22. The normalized spacial score (nSPS) is 31.8. The minimum atomic E-state index is -0.710. The lowest BCUT2D eigenvalue weighted by molar-refractivity contribution is -0.138. The summed E-state index contributed by atoms with van der Waals surface area (Å²) in [6.45, 7) is 4.23. The number of aliphatic carboxylic acids is 1. The zero-order valence-electron chi connectivity index (χ0n) is 10.7. The number of hydrogen-bond acceptors (Lipinski definition) is 3.